The zero-order valence-electron chi connectivity index (χ0n) is 18.5. The van der Waals surface area contributed by atoms with Gasteiger partial charge in [-0.15, -0.1) is 6.42 Å². The molecular formula is C24H31N5O. The van der Waals surface area contributed by atoms with Gasteiger partial charge in [-0.2, -0.15) is 0 Å². The Hall–Kier alpha value is -3.04. The molecule has 2 aromatic rings. The topological polar surface area (TPSA) is 64.3 Å². The molecule has 1 amide bonds. The Morgan fingerprint density at radius 1 is 1.27 bits per heavy atom. The molecule has 0 aliphatic carbocycles. The molecule has 1 aromatic carbocycles. The van der Waals surface area contributed by atoms with Crippen molar-refractivity contribution < 1.29 is 4.79 Å². The number of anilines is 1. The number of carbonyl (C=O) groups is 1. The molecule has 6 heteroatoms. The van der Waals surface area contributed by atoms with Gasteiger partial charge in [0, 0.05) is 19.3 Å². The van der Waals surface area contributed by atoms with Gasteiger partial charge in [-0.25, -0.2) is 4.98 Å². The van der Waals surface area contributed by atoms with Gasteiger partial charge in [-0.3, -0.25) is 4.79 Å². The van der Waals surface area contributed by atoms with Crippen molar-refractivity contribution in [3.8, 4) is 12.3 Å². The number of carbonyl (C=O) groups excluding carboxylic acids is 1. The van der Waals surface area contributed by atoms with Crippen molar-refractivity contribution in [2.24, 2.45) is 5.92 Å². The molecule has 6 nitrogen and oxygen atoms in total. The second-order valence-electron chi connectivity index (χ2n) is 8.18. The Morgan fingerprint density at radius 3 is 2.70 bits per heavy atom. The maximum Gasteiger partial charge on any atom is 0.260 e. The number of rotatable bonds is 8. The molecule has 2 N–H and O–H groups in total. The maximum atomic E-state index is 12.7. The second-order valence-corrected chi connectivity index (χ2v) is 8.18. The number of aromatic nitrogens is 2. The van der Waals surface area contributed by atoms with Crippen LogP contribution in [0.2, 0.25) is 0 Å². The van der Waals surface area contributed by atoms with Gasteiger partial charge in [0.2, 0.25) is 0 Å². The predicted octanol–water partition coefficient (Wildman–Crippen LogP) is 3.40. The number of allylic oxidation sites excluding steroid dienone is 2. The van der Waals surface area contributed by atoms with Crippen LogP contribution in [0.25, 0.3) is 16.6 Å². The van der Waals surface area contributed by atoms with Crippen LogP contribution in [0.4, 0.5) is 5.69 Å². The molecule has 0 spiro atoms. The molecule has 0 saturated carbocycles. The number of imidazole rings is 1. The number of amides is 1. The average molecular weight is 406 g/mol. The zero-order valence-corrected chi connectivity index (χ0v) is 18.5. The van der Waals surface area contributed by atoms with E-state index in [1.54, 1.807) is 0 Å². The lowest BCUT2D eigenvalue weighted by molar-refractivity contribution is -0.114. The molecule has 1 unspecified atom stereocenters. The molecule has 158 valence electrons. The van der Waals surface area contributed by atoms with E-state index >= 15 is 0 Å². The third-order valence-corrected chi connectivity index (χ3v) is 5.48. The maximum absolute atomic E-state index is 12.7. The van der Waals surface area contributed by atoms with E-state index in [9.17, 15) is 4.79 Å². The quantitative estimate of drug-likeness (QED) is 0.661. The lowest BCUT2D eigenvalue weighted by Crippen LogP contribution is -2.23. The smallest absolute Gasteiger partial charge is 0.260 e. The Kier molecular flexibility index (Phi) is 6.63. The monoisotopic (exact) mass is 405 g/mol. The molecule has 1 aromatic heterocycles. The summed E-state index contributed by atoms with van der Waals surface area (Å²) in [5.41, 5.74) is 4.51. The standard InChI is InChI=1S/C24H31N5O/c1-7-16(3)14-20-18(8-2)22(24(30)27-20)23-25-19-11-10-17(15-21(19)26-23)29(6)13-9-12-28(4)5/h2,10-11,14-16H,7,9,12-13H2,1,3-6H3,(H,25,26)(H,27,30). The number of fused-ring (bicyclic) bond motifs is 1. The van der Waals surface area contributed by atoms with Crippen LogP contribution in [0, 0.1) is 18.3 Å². The Morgan fingerprint density at radius 2 is 2.03 bits per heavy atom. The minimum absolute atomic E-state index is 0.211. The summed E-state index contributed by atoms with van der Waals surface area (Å²) in [6.45, 7) is 6.21. The van der Waals surface area contributed by atoms with E-state index in [0.29, 0.717) is 28.6 Å². The highest BCUT2D eigenvalue weighted by atomic mass is 16.2. The van der Waals surface area contributed by atoms with Gasteiger partial charge in [0.25, 0.3) is 5.91 Å². The van der Waals surface area contributed by atoms with Gasteiger partial charge in [-0.1, -0.05) is 32.3 Å². The summed E-state index contributed by atoms with van der Waals surface area (Å²) < 4.78 is 0. The molecule has 2 heterocycles. The van der Waals surface area contributed by atoms with E-state index in [2.05, 4.69) is 78.1 Å². The van der Waals surface area contributed by atoms with Crippen molar-refractivity contribution in [3.63, 3.8) is 0 Å². The fraction of sp³-hybridized carbons (Fsp3) is 0.417. The largest absolute Gasteiger partial charge is 0.374 e. The van der Waals surface area contributed by atoms with Crippen molar-refractivity contribution in [3.05, 3.63) is 41.4 Å². The van der Waals surface area contributed by atoms with Gasteiger partial charge >= 0.3 is 0 Å². The first kappa shape index (κ1) is 21.7. The first-order valence-corrected chi connectivity index (χ1v) is 10.4. The second kappa shape index (κ2) is 9.19. The highest BCUT2D eigenvalue weighted by Crippen LogP contribution is 2.30. The number of nitrogens with zero attached hydrogens (tertiary/aromatic N) is 3. The van der Waals surface area contributed by atoms with Crippen LogP contribution in [-0.2, 0) is 4.79 Å². The first-order valence-electron chi connectivity index (χ1n) is 10.4. The van der Waals surface area contributed by atoms with Crippen molar-refractivity contribution in [2.75, 3.05) is 39.1 Å². The number of benzene rings is 1. The SMILES string of the molecule is C#CC1=C(c2nc3ccc(N(C)CCCN(C)C)cc3[nH]2)C(=O)NC1=CC(C)CC. The van der Waals surface area contributed by atoms with Gasteiger partial charge in [0.15, 0.2) is 0 Å². The molecule has 0 bridgehead atoms. The van der Waals surface area contributed by atoms with Crippen molar-refractivity contribution in [1.82, 2.24) is 20.2 Å². The summed E-state index contributed by atoms with van der Waals surface area (Å²) in [5.74, 6) is 3.31. The van der Waals surface area contributed by atoms with E-state index in [0.717, 1.165) is 42.7 Å². The summed E-state index contributed by atoms with van der Waals surface area (Å²) in [6.07, 6.45) is 9.84. The highest BCUT2D eigenvalue weighted by Gasteiger charge is 2.29. The van der Waals surface area contributed by atoms with Crippen LogP contribution >= 0.6 is 0 Å². The van der Waals surface area contributed by atoms with Crippen LogP contribution in [0.15, 0.2) is 35.5 Å². The van der Waals surface area contributed by atoms with E-state index in [1.807, 2.05) is 12.1 Å². The summed E-state index contributed by atoms with van der Waals surface area (Å²) in [4.78, 5) is 25.0. The molecule has 0 saturated heterocycles. The number of terminal acetylenes is 1. The summed E-state index contributed by atoms with van der Waals surface area (Å²) in [7, 11) is 6.25. The van der Waals surface area contributed by atoms with Crippen LogP contribution < -0.4 is 10.2 Å². The summed E-state index contributed by atoms with van der Waals surface area (Å²) >= 11 is 0. The number of aromatic amines is 1. The Balaban J connectivity index is 1.91. The number of hydrogen-bond acceptors (Lipinski definition) is 4. The number of nitrogens with one attached hydrogen (secondary N) is 2. The van der Waals surface area contributed by atoms with Crippen LogP contribution in [0.5, 0.6) is 0 Å². The van der Waals surface area contributed by atoms with Crippen molar-refractivity contribution >= 4 is 28.2 Å². The van der Waals surface area contributed by atoms with Crippen LogP contribution in [-0.4, -0.2) is 55.0 Å². The van der Waals surface area contributed by atoms with E-state index < -0.39 is 0 Å². The molecule has 1 aliphatic heterocycles. The fourth-order valence-corrected chi connectivity index (χ4v) is 3.51. The molecule has 0 radical (unpaired) electrons. The Labute approximate surface area is 179 Å². The molecule has 1 atom stereocenters. The minimum atomic E-state index is -0.211. The first-order chi connectivity index (χ1) is 14.3. The van der Waals surface area contributed by atoms with E-state index in [1.165, 1.54) is 0 Å². The van der Waals surface area contributed by atoms with Gasteiger partial charge in [0.05, 0.1) is 22.3 Å². The molecule has 30 heavy (non-hydrogen) atoms. The lowest BCUT2D eigenvalue weighted by Gasteiger charge is -2.20. The van der Waals surface area contributed by atoms with Gasteiger partial charge < -0.3 is 20.1 Å². The normalized spacial score (nSPS) is 16.4. The number of hydrogen-bond donors (Lipinski definition) is 2. The van der Waals surface area contributed by atoms with Crippen LogP contribution in [0.3, 0.4) is 0 Å². The van der Waals surface area contributed by atoms with Crippen molar-refractivity contribution in [1.29, 1.82) is 0 Å². The number of H-pyrrole nitrogens is 1. The highest BCUT2D eigenvalue weighted by molar-refractivity contribution is 6.25. The van der Waals surface area contributed by atoms with Gasteiger partial charge in [0.1, 0.15) is 11.4 Å². The zero-order chi connectivity index (χ0) is 21.8. The third kappa shape index (κ3) is 4.58. The van der Waals surface area contributed by atoms with Crippen LogP contribution in [0.1, 0.15) is 32.5 Å². The summed E-state index contributed by atoms with van der Waals surface area (Å²) in [6, 6.07) is 6.11. The third-order valence-electron chi connectivity index (χ3n) is 5.48. The molecule has 0 fully saturated rings. The molecule has 3 rings (SSSR count). The van der Waals surface area contributed by atoms with Crippen molar-refractivity contribution in [2.45, 2.75) is 26.7 Å². The predicted molar refractivity (Wildman–Crippen MR) is 124 cm³/mol. The average Bonchev–Trinajstić information content (AvgIpc) is 3.26. The summed E-state index contributed by atoms with van der Waals surface area (Å²) in [5, 5.41) is 2.91. The molecular weight excluding hydrogens is 374 g/mol. The van der Waals surface area contributed by atoms with Gasteiger partial charge in [-0.05, 0) is 51.2 Å². The molecule has 1 aliphatic rings. The lowest BCUT2D eigenvalue weighted by atomic mass is 10.0. The van der Waals surface area contributed by atoms with E-state index in [4.69, 9.17) is 6.42 Å². The Bertz CT molecular complexity index is 1040. The van der Waals surface area contributed by atoms with E-state index in [-0.39, 0.29) is 5.91 Å². The minimum Gasteiger partial charge on any atom is -0.374 e. The fourth-order valence-electron chi connectivity index (χ4n) is 3.51.